The summed E-state index contributed by atoms with van der Waals surface area (Å²) in [5.74, 6) is 0. The lowest BCUT2D eigenvalue weighted by molar-refractivity contribution is 0.425. The summed E-state index contributed by atoms with van der Waals surface area (Å²) >= 11 is 0. The Balaban J connectivity index is 2.43. The maximum absolute atomic E-state index is 9.24. The first-order valence-electron chi connectivity index (χ1n) is 5.11. The zero-order valence-corrected chi connectivity index (χ0v) is 8.43. The molecule has 0 saturated carbocycles. The van der Waals surface area contributed by atoms with E-state index in [1.807, 2.05) is 24.3 Å². The van der Waals surface area contributed by atoms with E-state index in [-0.39, 0.29) is 0 Å². The maximum atomic E-state index is 9.24. The molecule has 0 heterocycles. The summed E-state index contributed by atoms with van der Waals surface area (Å²) in [6.45, 7) is 0. The van der Waals surface area contributed by atoms with Crippen molar-refractivity contribution in [2.24, 2.45) is 0 Å². The summed E-state index contributed by atoms with van der Waals surface area (Å²) in [4.78, 5) is 0. The minimum atomic E-state index is -1.41. The Hall–Kier alpha value is -1.32. The topological polar surface area (TPSA) is 40.5 Å². The van der Waals surface area contributed by atoms with E-state index in [0.717, 1.165) is 24.0 Å². The van der Waals surface area contributed by atoms with Crippen LogP contribution in [0.15, 0.2) is 42.5 Å². The van der Waals surface area contributed by atoms with Gasteiger partial charge in [-0.05, 0) is 29.4 Å². The molecule has 0 saturated heterocycles. The Morgan fingerprint density at radius 1 is 1.07 bits per heavy atom. The maximum Gasteiger partial charge on any atom is 0.489 e. The molecule has 0 atom stereocenters. The van der Waals surface area contributed by atoms with Gasteiger partial charge in [-0.25, -0.2) is 0 Å². The second-order valence-corrected chi connectivity index (χ2v) is 3.60. The van der Waals surface area contributed by atoms with Crippen LogP contribution in [0.4, 0.5) is 0 Å². The van der Waals surface area contributed by atoms with Crippen LogP contribution in [0.2, 0.25) is 0 Å². The molecule has 0 aliphatic heterocycles. The summed E-state index contributed by atoms with van der Waals surface area (Å²) in [6.07, 6.45) is 8.34. The Bertz CT molecular complexity index is 408. The summed E-state index contributed by atoms with van der Waals surface area (Å²) < 4.78 is 0. The van der Waals surface area contributed by atoms with Crippen molar-refractivity contribution in [3.8, 4) is 0 Å². The fourth-order valence-corrected chi connectivity index (χ4v) is 1.80. The molecule has 2 nitrogen and oxygen atoms in total. The van der Waals surface area contributed by atoms with Gasteiger partial charge in [0, 0.05) is 0 Å². The molecule has 15 heavy (non-hydrogen) atoms. The number of benzene rings is 1. The minimum absolute atomic E-state index is 0.565. The molecular formula is C12H13BO2. The summed E-state index contributed by atoms with van der Waals surface area (Å²) in [5, 5.41) is 18.5. The molecule has 0 fully saturated rings. The Labute approximate surface area is 89.7 Å². The predicted octanol–water partition coefficient (Wildman–Crippen LogP) is 1.10. The molecule has 1 aliphatic rings. The van der Waals surface area contributed by atoms with Crippen molar-refractivity contribution in [1.82, 2.24) is 0 Å². The number of allylic oxidation sites excluding steroid dienone is 4. The zero-order chi connectivity index (χ0) is 10.7. The van der Waals surface area contributed by atoms with Crippen LogP contribution in [-0.2, 0) is 0 Å². The first-order chi connectivity index (χ1) is 7.29. The first-order valence-corrected chi connectivity index (χ1v) is 5.11. The van der Waals surface area contributed by atoms with Crippen LogP contribution in [0.1, 0.15) is 18.4 Å². The predicted molar refractivity (Wildman–Crippen MR) is 62.6 cm³/mol. The molecule has 2 rings (SSSR count). The largest absolute Gasteiger partial charge is 0.489 e. The lowest BCUT2D eigenvalue weighted by Gasteiger charge is -2.11. The summed E-state index contributed by atoms with van der Waals surface area (Å²) in [6, 6.07) is 7.37. The number of hydrogen-bond donors (Lipinski definition) is 2. The molecule has 2 N–H and O–H groups in total. The molecule has 1 aromatic rings. The minimum Gasteiger partial charge on any atom is -0.423 e. The Morgan fingerprint density at radius 3 is 2.53 bits per heavy atom. The second kappa shape index (κ2) is 4.47. The Kier molecular flexibility index (Phi) is 3.04. The second-order valence-electron chi connectivity index (χ2n) is 3.60. The van der Waals surface area contributed by atoms with E-state index in [0.29, 0.717) is 5.46 Å². The van der Waals surface area contributed by atoms with Crippen molar-refractivity contribution < 1.29 is 10.0 Å². The van der Waals surface area contributed by atoms with Crippen molar-refractivity contribution in [3.05, 3.63) is 48.1 Å². The van der Waals surface area contributed by atoms with E-state index >= 15 is 0 Å². The third kappa shape index (κ3) is 2.20. The van der Waals surface area contributed by atoms with Crippen LogP contribution >= 0.6 is 0 Å². The van der Waals surface area contributed by atoms with Gasteiger partial charge in [-0.15, -0.1) is 0 Å². The van der Waals surface area contributed by atoms with Gasteiger partial charge in [-0.3, -0.25) is 0 Å². The van der Waals surface area contributed by atoms with Crippen molar-refractivity contribution >= 4 is 18.2 Å². The smallest absolute Gasteiger partial charge is 0.423 e. The third-order valence-electron chi connectivity index (χ3n) is 2.54. The van der Waals surface area contributed by atoms with Gasteiger partial charge < -0.3 is 10.0 Å². The Morgan fingerprint density at radius 2 is 1.87 bits per heavy atom. The molecule has 0 bridgehead atoms. The van der Waals surface area contributed by atoms with Gasteiger partial charge in [-0.2, -0.15) is 0 Å². The molecule has 76 valence electrons. The van der Waals surface area contributed by atoms with E-state index in [9.17, 15) is 10.0 Å². The fourth-order valence-electron chi connectivity index (χ4n) is 1.80. The molecular weight excluding hydrogens is 187 g/mol. The standard InChI is InChI=1S/C12H13BO2/c14-13(15)12-9-5-4-8-11(12)10-6-2-1-3-7-10/h2,4-9,14-15H,1,3H2. The lowest BCUT2D eigenvalue weighted by Crippen LogP contribution is -2.32. The number of hydrogen-bond acceptors (Lipinski definition) is 2. The van der Waals surface area contributed by atoms with Crippen molar-refractivity contribution in [2.45, 2.75) is 12.8 Å². The normalized spacial score (nSPS) is 14.9. The van der Waals surface area contributed by atoms with E-state index in [1.165, 1.54) is 0 Å². The molecule has 0 radical (unpaired) electrons. The van der Waals surface area contributed by atoms with Crippen molar-refractivity contribution in [1.29, 1.82) is 0 Å². The zero-order valence-electron chi connectivity index (χ0n) is 8.43. The van der Waals surface area contributed by atoms with E-state index in [1.54, 1.807) is 6.07 Å². The summed E-state index contributed by atoms with van der Waals surface area (Å²) in [5.41, 5.74) is 2.55. The van der Waals surface area contributed by atoms with Gasteiger partial charge in [0.1, 0.15) is 0 Å². The number of rotatable bonds is 2. The van der Waals surface area contributed by atoms with Crippen molar-refractivity contribution in [3.63, 3.8) is 0 Å². The van der Waals surface area contributed by atoms with Crippen LogP contribution in [0.3, 0.4) is 0 Å². The quantitative estimate of drug-likeness (QED) is 0.701. The molecule has 0 spiro atoms. The first kappa shape index (κ1) is 10.2. The fraction of sp³-hybridized carbons (Fsp3) is 0.167. The van der Waals surface area contributed by atoms with Crippen LogP contribution in [-0.4, -0.2) is 17.2 Å². The molecule has 0 aromatic heterocycles. The van der Waals surface area contributed by atoms with Gasteiger partial charge in [0.2, 0.25) is 0 Å². The van der Waals surface area contributed by atoms with Crippen molar-refractivity contribution in [2.75, 3.05) is 0 Å². The monoisotopic (exact) mass is 200 g/mol. The van der Waals surface area contributed by atoms with Crippen LogP contribution in [0.25, 0.3) is 5.57 Å². The van der Waals surface area contributed by atoms with Crippen LogP contribution < -0.4 is 5.46 Å². The lowest BCUT2D eigenvalue weighted by atomic mass is 9.75. The van der Waals surface area contributed by atoms with Gasteiger partial charge >= 0.3 is 7.12 Å². The highest BCUT2D eigenvalue weighted by Crippen LogP contribution is 2.19. The van der Waals surface area contributed by atoms with Crippen LogP contribution in [0, 0.1) is 0 Å². The average molecular weight is 200 g/mol. The van der Waals surface area contributed by atoms with E-state index < -0.39 is 7.12 Å². The van der Waals surface area contributed by atoms with Gasteiger partial charge in [-0.1, -0.05) is 42.5 Å². The molecule has 0 unspecified atom stereocenters. The SMILES string of the molecule is OB(O)c1ccccc1C1=CCCC=C1. The van der Waals surface area contributed by atoms with E-state index in [4.69, 9.17) is 0 Å². The van der Waals surface area contributed by atoms with Crippen LogP contribution in [0.5, 0.6) is 0 Å². The average Bonchev–Trinajstić information content (AvgIpc) is 2.30. The third-order valence-corrected chi connectivity index (χ3v) is 2.54. The highest BCUT2D eigenvalue weighted by molar-refractivity contribution is 6.59. The summed E-state index contributed by atoms with van der Waals surface area (Å²) in [7, 11) is -1.41. The molecule has 1 aromatic carbocycles. The highest BCUT2D eigenvalue weighted by Gasteiger charge is 2.16. The van der Waals surface area contributed by atoms with Gasteiger partial charge in [0.05, 0.1) is 0 Å². The molecule has 1 aliphatic carbocycles. The molecule has 0 amide bonds. The van der Waals surface area contributed by atoms with Gasteiger partial charge in [0.15, 0.2) is 0 Å². The highest BCUT2D eigenvalue weighted by atomic mass is 16.4. The molecule has 3 heteroatoms. The van der Waals surface area contributed by atoms with E-state index in [2.05, 4.69) is 12.2 Å². The van der Waals surface area contributed by atoms with Gasteiger partial charge in [0.25, 0.3) is 0 Å².